The van der Waals surface area contributed by atoms with E-state index in [2.05, 4.69) is 25.5 Å². The molecule has 0 fully saturated rings. The smallest absolute Gasteiger partial charge is 0.422 e. The van der Waals surface area contributed by atoms with Gasteiger partial charge in [-0.05, 0) is 42.2 Å². The molecule has 2 amide bonds. The zero-order valence-electron chi connectivity index (χ0n) is 21.2. The summed E-state index contributed by atoms with van der Waals surface area (Å²) in [6.45, 7) is -1.66. The number of sulfone groups is 1. The Morgan fingerprint density at radius 3 is 2.68 bits per heavy atom. The number of carbonyl (C=O) groups is 2. The number of anilines is 1. The highest BCUT2D eigenvalue weighted by atomic mass is 32.2. The SMILES string of the molecule is CS(=O)(=O)CC(=O)Nc1c2c(nn1-c1ccc(C#N)cn1)C[C@]1(CCc3c1ccc(OCC(F)(F)F)c3F)NC2=O. The molecule has 0 bridgehead atoms. The first kappa shape index (κ1) is 28.0. The van der Waals surface area contributed by atoms with Gasteiger partial charge in [-0.15, -0.1) is 0 Å². The van der Waals surface area contributed by atoms with Crippen LogP contribution >= 0.6 is 0 Å². The van der Waals surface area contributed by atoms with Gasteiger partial charge in [0.25, 0.3) is 5.91 Å². The largest absolute Gasteiger partial charge is 0.481 e. The standard InChI is InChI=1S/C25H20F4N6O5S/c1-41(38,39)11-19(36)32-22-20-16(34-35(22)18-5-2-13(9-30)10-31-18)8-24(33-23(20)37)7-6-14-15(24)3-4-17(21(14)26)40-12-25(27,28)29/h2-5,10H,6-8,11-12H2,1H3,(H,32,36)(H,33,37)/t24-/m0/s1. The van der Waals surface area contributed by atoms with E-state index in [-0.39, 0.29) is 53.3 Å². The maximum Gasteiger partial charge on any atom is 0.422 e. The molecule has 0 saturated carbocycles. The lowest BCUT2D eigenvalue weighted by molar-refractivity contribution is -0.153. The summed E-state index contributed by atoms with van der Waals surface area (Å²) >= 11 is 0. The van der Waals surface area contributed by atoms with Gasteiger partial charge < -0.3 is 15.4 Å². The zero-order chi connectivity index (χ0) is 29.7. The van der Waals surface area contributed by atoms with E-state index >= 15 is 4.39 Å². The van der Waals surface area contributed by atoms with E-state index < -0.39 is 57.3 Å². The van der Waals surface area contributed by atoms with Crippen molar-refractivity contribution in [2.75, 3.05) is 23.9 Å². The van der Waals surface area contributed by atoms with Crippen molar-refractivity contribution in [1.29, 1.82) is 5.26 Å². The molecule has 1 spiro atoms. The highest BCUT2D eigenvalue weighted by Gasteiger charge is 2.48. The van der Waals surface area contributed by atoms with Gasteiger partial charge in [-0.3, -0.25) is 9.59 Å². The number of halogens is 4. The van der Waals surface area contributed by atoms with E-state index in [9.17, 15) is 31.2 Å². The second-order valence-electron chi connectivity index (χ2n) is 9.74. The minimum atomic E-state index is -4.66. The van der Waals surface area contributed by atoms with Crippen molar-refractivity contribution in [2.24, 2.45) is 0 Å². The predicted molar refractivity (Wildman–Crippen MR) is 134 cm³/mol. The number of nitrogens with one attached hydrogen (secondary N) is 2. The number of ether oxygens (including phenoxy) is 1. The molecule has 2 aromatic heterocycles. The number of pyridine rings is 1. The summed E-state index contributed by atoms with van der Waals surface area (Å²) in [5.74, 6) is -4.07. The number of nitrogens with zero attached hydrogens (tertiary/aromatic N) is 4. The molecular formula is C25H20F4N6O5S. The molecule has 214 valence electrons. The van der Waals surface area contributed by atoms with Gasteiger partial charge in [0.05, 0.1) is 16.8 Å². The van der Waals surface area contributed by atoms with Crippen LogP contribution < -0.4 is 15.4 Å². The van der Waals surface area contributed by atoms with Gasteiger partial charge in [0, 0.05) is 18.9 Å². The summed E-state index contributed by atoms with van der Waals surface area (Å²) in [5, 5.41) is 18.8. The third-order valence-electron chi connectivity index (χ3n) is 6.67. The first-order valence-corrected chi connectivity index (χ1v) is 14.1. The summed E-state index contributed by atoms with van der Waals surface area (Å²) in [4.78, 5) is 30.2. The first-order valence-electron chi connectivity index (χ1n) is 12.0. The number of aromatic nitrogens is 3. The number of amides is 2. The number of rotatable bonds is 6. The highest BCUT2D eigenvalue weighted by molar-refractivity contribution is 7.91. The molecule has 2 aliphatic rings. The van der Waals surface area contributed by atoms with E-state index in [0.717, 1.165) is 17.0 Å². The normalized spacial score (nSPS) is 17.9. The summed E-state index contributed by atoms with van der Waals surface area (Å²) in [6, 6.07) is 7.23. The Kier molecular flexibility index (Phi) is 6.72. The van der Waals surface area contributed by atoms with E-state index in [1.165, 1.54) is 24.4 Å². The highest BCUT2D eigenvalue weighted by Crippen LogP contribution is 2.46. The van der Waals surface area contributed by atoms with Crippen molar-refractivity contribution in [1.82, 2.24) is 20.1 Å². The Morgan fingerprint density at radius 2 is 2.05 bits per heavy atom. The molecule has 41 heavy (non-hydrogen) atoms. The molecule has 0 saturated heterocycles. The van der Waals surface area contributed by atoms with Gasteiger partial charge in [0.2, 0.25) is 5.91 Å². The van der Waals surface area contributed by atoms with Crippen molar-refractivity contribution in [2.45, 2.75) is 31.0 Å². The topological polar surface area (TPSA) is 156 Å². The number of carbonyl (C=O) groups excluding carboxylic acids is 2. The van der Waals surface area contributed by atoms with Crippen molar-refractivity contribution in [3.05, 3.63) is 64.2 Å². The average Bonchev–Trinajstić information content (AvgIpc) is 3.41. The maximum atomic E-state index is 15.2. The minimum Gasteiger partial charge on any atom is -0.481 e. The summed E-state index contributed by atoms with van der Waals surface area (Å²) in [7, 11) is -3.72. The van der Waals surface area contributed by atoms with E-state index in [1.54, 1.807) is 0 Å². The number of alkyl halides is 3. The Morgan fingerprint density at radius 1 is 1.29 bits per heavy atom. The number of nitriles is 1. The van der Waals surface area contributed by atoms with Crippen LogP contribution in [0, 0.1) is 17.1 Å². The quantitative estimate of drug-likeness (QED) is 0.413. The van der Waals surface area contributed by atoms with Crippen molar-refractivity contribution in [3.8, 4) is 17.6 Å². The Balaban J connectivity index is 1.55. The molecule has 0 unspecified atom stereocenters. The fourth-order valence-corrected chi connectivity index (χ4v) is 5.60. The zero-order valence-corrected chi connectivity index (χ0v) is 22.0. The summed E-state index contributed by atoms with van der Waals surface area (Å²) < 4.78 is 82.0. The lowest BCUT2D eigenvalue weighted by Crippen LogP contribution is -2.50. The van der Waals surface area contributed by atoms with Gasteiger partial charge in [0.1, 0.15) is 17.4 Å². The molecule has 0 radical (unpaired) electrons. The van der Waals surface area contributed by atoms with Crippen LogP contribution in [0.15, 0.2) is 30.5 Å². The fourth-order valence-electron chi connectivity index (χ4n) is 5.05. The van der Waals surface area contributed by atoms with Crippen molar-refractivity contribution >= 4 is 27.5 Å². The molecule has 16 heteroatoms. The summed E-state index contributed by atoms with van der Waals surface area (Å²) in [5.41, 5.74) is -0.366. The fraction of sp³-hybridized carbons (Fsp3) is 0.320. The van der Waals surface area contributed by atoms with Gasteiger partial charge in [-0.2, -0.15) is 28.2 Å². The predicted octanol–water partition coefficient (Wildman–Crippen LogP) is 2.33. The van der Waals surface area contributed by atoms with Crippen molar-refractivity contribution in [3.63, 3.8) is 0 Å². The van der Waals surface area contributed by atoms with Gasteiger partial charge in [-0.25, -0.2) is 17.8 Å². The van der Waals surface area contributed by atoms with Crippen LogP contribution in [0.4, 0.5) is 23.4 Å². The third kappa shape index (κ3) is 5.44. The van der Waals surface area contributed by atoms with Crippen LogP contribution in [0.5, 0.6) is 5.75 Å². The maximum absolute atomic E-state index is 15.2. The molecule has 3 heterocycles. The number of hydrogen-bond acceptors (Lipinski definition) is 8. The lowest BCUT2D eigenvalue weighted by atomic mass is 9.82. The third-order valence-corrected chi connectivity index (χ3v) is 7.46. The molecule has 5 rings (SSSR count). The van der Waals surface area contributed by atoms with Crippen LogP contribution in [-0.4, -0.2) is 59.8 Å². The second kappa shape index (κ2) is 9.84. The van der Waals surface area contributed by atoms with Crippen LogP contribution in [-0.2, 0) is 33.0 Å². The van der Waals surface area contributed by atoms with Gasteiger partial charge in [-0.1, -0.05) is 6.07 Å². The van der Waals surface area contributed by atoms with Gasteiger partial charge in [0.15, 0.2) is 39.6 Å². The van der Waals surface area contributed by atoms with E-state index in [1.807, 2.05) is 6.07 Å². The van der Waals surface area contributed by atoms with Crippen LogP contribution in [0.3, 0.4) is 0 Å². The Labute approximate surface area is 230 Å². The number of benzene rings is 1. The molecule has 1 aromatic carbocycles. The summed E-state index contributed by atoms with van der Waals surface area (Å²) in [6.07, 6.45) is -2.23. The molecule has 2 N–H and O–H groups in total. The molecule has 1 aliphatic carbocycles. The van der Waals surface area contributed by atoms with Crippen molar-refractivity contribution < 1.29 is 40.3 Å². The Bertz CT molecular complexity index is 1730. The molecule has 1 aliphatic heterocycles. The number of fused-ring (bicyclic) bond motifs is 3. The lowest BCUT2D eigenvalue weighted by Gasteiger charge is -2.35. The number of hydrogen-bond donors (Lipinski definition) is 2. The molecule has 1 atom stereocenters. The molecule has 3 aromatic rings. The second-order valence-corrected chi connectivity index (χ2v) is 11.9. The molecular weight excluding hydrogens is 572 g/mol. The van der Waals surface area contributed by atoms with Crippen LogP contribution in [0.2, 0.25) is 0 Å². The van der Waals surface area contributed by atoms with E-state index in [0.29, 0.717) is 5.56 Å². The van der Waals surface area contributed by atoms with Crippen LogP contribution in [0.1, 0.15) is 39.2 Å². The molecule has 11 nitrogen and oxygen atoms in total. The Hall–Kier alpha value is -4.52. The monoisotopic (exact) mass is 592 g/mol. The minimum absolute atomic E-state index is 0.0154. The first-order chi connectivity index (χ1) is 19.2. The average molecular weight is 593 g/mol. The van der Waals surface area contributed by atoms with Crippen LogP contribution in [0.25, 0.3) is 5.82 Å². The van der Waals surface area contributed by atoms with E-state index in [4.69, 9.17) is 5.26 Å². The van der Waals surface area contributed by atoms with Gasteiger partial charge >= 0.3 is 6.18 Å².